The lowest BCUT2D eigenvalue weighted by Gasteiger charge is -2.29. The molecule has 0 saturated carbocycles. The van der Waals surface area contributed by atoms with Crippen LogP contribution in [0.3, 0.4) is 0 Å². The van der Waals surface area contributed by atoms with Gasteiger partial charge in [0.1, 0.15) is 0 Å². The first kappa shape index (κ1) is 17.3. The van der Waals surface area contributed by atoms with Crippen LogP contribution in [0, 0.1) is 0 Å². The van der Waals surface area contributed by atoms with Gasteiger partial charge in [-0.25, -0.2) is 10.0 Å². The Balaban J connectivity index is 1.42. The Morgan fingerprint density at radius 3 is 2.74 bits per heavy atom. The van der Waals surface area contributed by atoms with Gasteiger partial charge in [-0.15, -0.1) is 0 Å². The number of nitrogens with two attached hydrogens (primary N) is 1. The summed E-state index contributed by atoms with van der Waals surface area (Å²) in [6.45, 7) is 0. The molecule has 0 radical (unpaired) electrons. The molecule has 0 spiro atoms. The van der Waals surface area contributed by atoms with E-state index in [2.05, 4.69) is 21.5 Å². The third-order valence-electron chi connectivity index (χ3n) is 4.32. The number of rotatable bonds is 4. The second-order valence-corrected chi connectivity index (χ2v) is 7.07. The van der Waals surface area contributed by atoms with Gasteiger partial charge < -0.3 is 11.1 Å². The van der Waals surface area contributed by atoms with Crippen molar-refractivity contribution in [2.24, 2.45) is 15.8 Å². The predicted molar refractivity (Wildman–Crippen MR) is 107 cm³/mol. The number of hydrazone groups is 1. The molecule has 8 heteroatoms. The van der Waals surface area contributed by atoms with Crippen molar-refractivity contribution in [1.29, 1.82) is 0 Å². The maximum Gasteiger partial charge on any atom is 0.248 e. The van der Waals surface area contributed by atoms with Crippen molar-refractivity contribution in [2.75, 3.05) is 11.1 Å². The number of nitrogens with one attached hydrogen (secondary N) is 1. The molecule has 0 aromatic heterocycles. The monoisotopic (exact) mass is 379 g/mol. The first-order chi connectivity index (χ1) is 13.1. The van der Waals surface area contributed by atoms with Crippen LogP contribution >= 0.6 is 11.8 Å². The molecule has 2 aromatic rings. The summed E-state index contributed by atoms with van der Waals surface area (Å²) in [6.07, 6.45) is 2.71. The smallest absolute Gasteiger partial charge is 0.248 e. The van der Waals surface area contributed by atoms with Gasteiger partial charge in [0.2, 0.25) is 11.8 Å². The van der Waals surface area contributed by atoms with Crippen molar-refractivity contribution in [1.82, 2.24) is 5.01 Å². The lowest BCUT2D eigenvalue weighted by Crippen LogP contribution is -2.29. The molecule has 2 heterocycles. The molecule has 0 unspecified atom stereocenters. The maximum atomic E-state index is 12.3. The Hall–Kier alpha value is -3.13. The van der Waals surface area contributed by atoms with Crippen molar-refractivity contribution in [3.05, 3.63) is 59.7 Å². The standard InChI is InChI=1S/C19H17N5O2S/c20-18(26)12-5-7-13(8-6-12)22-17(25)11-27-19-23-15-4-2-1-3-14(15)16-9-10-21-24(16)19/h1-8,10,16H,9,11H2,(H2,20,26)(H,22,25)/t16-/m0/s1. The van der Waals surface area contributed by atoms with E-state index < -0.39 is 5.91 Å². The van der Waals surface area contributed by atoms with E-state index >= 15 is 0 Å². The van der Waals surface area contributed by atoms with Crippen molar-refractivity contribution < 1.29 is 9.59 Å². The van der Waals surface area contributed by atoms with E-state index in [1.807, 2.05) is 29.4 Å². The largest absolute Gasteiger partial charge is 0.366 e. The highest BCUT2D eigenvalue weighted by molar-refractivity contribution is 8.14. The number of hydrogen-bond donors (Lipinski definition) is 2. The molecule has 27 heavy (non-hydrogen) atoms. The zero-order valence-electron chi connectivity index (χ0n) is 14.3. The van der Waals surface area contributed by atoms with Crippen LogP contribution in [0.15, 0.2) is 58.6 Å². The van der Waals surface area contributed by atoms with E-state index in [0.29, 0.717) is 16.4 Å². The topological polar surface area (TPSA) is 100 Å². The van der Waals surface area contributed by atoms with E-state index in [1.165, 1.54) is 11.8 Å². The minimum Gasteiger partial charge on any atom is -0.366 e. The molecule has 4 rings (SSSR count). The summed E-state index contributed by atoms with van der Waals surface area (Å²) in [5.74, 6) is -0.454. The zero-order valence-corrected chi connectivity index (χ0v) is 15.1. The number of amides is 2. The van der Waals surface area contributed by atoms with Crippen molar-refractivity contribution >= 4 is 46.3 Å². The molecular formula is C19H17N5O2S. The number of hydrogen-bond acceptors (Lipinski definition) is 6. The molecule has 0 fully saturated rings. The van der Waals surface area contributed by atoms with Gasteiger partial charge in [0.05, 0.1) is 17.5 Å². The van der Waals surface area contributed by atoms with E-state index in [9.17, 15) is 9.59 Å². The summed E-state index contributed by atoms with van der Waals surface area (Å²) in [5, 5.41) is 9.80. The van der Waals surface area contributed by atoms with Gasteiger partial charge in [-0.3, -0.25) is 9.59 Å². The van der Waals surface area contributed by atoms with Gasteiger partial charge >= 0.3 is 0 Å². The van der Waals surface area contributed by atoms with Gasteiger partial charge in [-0.1, -0.05) is 30.0 Å². The maximum absolute atomic E-state index is 12.3. The molecular weight excluding hydrogens is 362 g/mol. The second-order valence-electron chi connectivity index (χ2n) is 6.13. The number of para-hydroxylation sites is 1. The first-order valence-corrected chi connectivity index (χ1v) is 9.42. The lowest BCUT2D eigenvalue weighted by molar-refractivity contribution is -0.113. The summed E-state index contributed by atoms with van der Waals surface area (Å²) in [6, 6.07) is 14.6. The van der Waals surface area contributed by atoms with Crippen molar-refractivity contribution in [3.63, 3.8) is 0 Å². The third kappa shape index (κ3) is 3.56. The number of primary amides is 1. The number of benzene rings is 2. The number of anilines is 1. The molecule has 2 aliphatic heterocycles. The summed E-state index contributed by atoms with van der Waals surface area (Å²) in [4.78, 5) is 28.0. The third-order valence-corrected chi connectivity index (χ3v) is 5.27. The SMILES string of the molecule is NC(=O)c1ccc(NC(=O)CSC2=Nc3ccccc3[C@@H]3CC=NN23)cc1. The van der Waals surface area contributed by atoms with E-state index in [4.69, 9.17) is 5.73 Å². The number of carbonyl (C=O) groups excluding carboxylic acids is 2. The highest BCUT2D eigenvalue weighted by Gasteiger charge is 2.32. The van der Waals surface area contributed by atoms with Crippen LogP contribution in [0.4, 0.5) is 11.4 Å². The fourth-order valence-electron chi connectivity index (χ4n) is 3.03. The Morgan fingerprint density at radius 1 is 1.19 bits per heavy atom. The number of thioether (sulfide) groups is 1. The number of carbonyl (C=O) groups is 2. The molecule has 2 amide bonds. The van der Waals surface area contributed by atoms with Crippen LogP contribution in [0.2, 0.25) is 0 Å². The van der Waals surface area contributed by atoms with Gasteiger partial charge in [-0.2, -0.15) is 5.10 Å². The Labute approximate surface area is 160 Å². The van der Waals surface area contributed by atoms with Crippen LogP contribution in [-0.4, -0.2) is 34.0 Å². The average Bonchev–Trinajstić information content (AvgIpc) is 3.17. The van der Waals surface area contributed by atoms with Crippen LogP contribution in [0.25, 0.3) is 0 Å². The molecule has 2 aromatic carbocycles. The Morgan fingerprint density at radius 2 is 1.96 bits per heavy atom. The predicted octanol–water partition coefficient (Wildman–Crippen LogP) is 2.89. The van der Waals surface area contributed by atoms with Gasteiger partial charge in [-0.05, 0) is 30.3 Å². The van der Waals surface area contributed by atoms with Crippen molar-refractivity contribution in [2.45, 2.75) is 12.5 Å². The van der Waals surface area contributed by atoms with Gasteiger partial charge in [0, 0.05) is 29.4 Å². The Bertz CT molecular complexity index is 955. The number of amidine groups is 1. The molecule has 2 aliphatic rings. The number of nitrogens with zero attached hydrogens (tertiary/aromatic N) is 3. The zero-order chi connectivity index (χ0) is 18.8. The van der Waals surface area contributed by atoms with E-state index in [-0.39, 0.29) is 17.7 Å². The van der Waals surface area contributed by atoms with Crippen molar-refractivity contribution in [3.8, 4) is 0 Å². The van der Waals surface area contributed by atoms with Crippen LogP contribution in [0.5, 0.6) is 0 Å². The van der Waals surface area contributed by atoms with Gasteiger partial charge in [0.25, 0.3) is 0 Å². The van der Waals surface area contributed by atoms with Crippen LogP contribution in [0.1, 0.15) is 28.4 Å². The van der Waals surface area contributed by atoms with Gasteiger partial charge in [0.15, 0.2) is 5.17 Å². The molecule has 0 bridgehead atoms. The Kier molecular flexibility index (Phi) is 4.64. The summed E-state index contributed by atoms with van der Waals surface area (Å²) < 4.78 is 0. The second kappa shape index (κ2) is 7.24. The van der Waals surface area contributed by atoms with Crippen LogP contribution in [-0.2, 0) is 4.79 Å². The summed E-state index contributed by atoms with van der Waals surface area (Å²) >= 11 is 1.35. The first-order valence-electron chi connectivity index (χ1n) is 8.43. The normalized spacial score (nSPS) is 17.1. The number of aliphatic imine (C=N–C) groups is 1. The summed E-state index contributed by atoms with van der Waals surface area (Å²) in [5.41, 5.74) is 8.30. The molecule has 136 valence electrons. The fourth-order valence-corrected chi connectivity index (χ4v) is 3.83. The average molecular weight is 379 g/mol. The lowest BCUT2D eigenvalue weighted by atomic mass is 10.0. The van der Waals surface area contributed by atoms with E-state index in [0.717, 1.165) is 17.7 Å². The molecule has 3 N–H and O–H groups in total. The van der Waals surface area contributed by atoms with E-state index in [1.54, 1.807) is 24.3 Å². The number of fused-ring (bicyclic) bond motifs is 3. The molecule has 0 saturated heterocycles. The molecule has 0 aliphatic carbocycles. The molecule has 1 atom stereocenters. The highest BCUT2D eigenvalue weighted by atomic mass is 32.2. The van der Waals surface area contributed by atoms with Crippen LogP contribution < -0.4 is 11.1 Å². The summed E-state index contributed by atoms with van der Waals surface area (Å²) in [7, 11) is 0. The minimum absolute atomic E-state index is 0.144. The molecule has 7 nitrogen and oxygen atoms in total. The fraction of sp³-hybridized carbons (Fsp3) is 0.158. The highest BCUT2D eigenvalue weighted by Crippen LogP contribution is 2.40. The quantitative estimate of drug-likeness (QED) is 0.853. The minimum atomic E-state index is -0.500.